The molecular weight excluding hydrogens is 517 g/mol. The van der Waals surface area contributed by atoms with Crippen LogP contribution in [0.1, 0.15) is 53.0 Å². The highest BCUT2D eigenvalue weighted by Crippen LogP contribution is 2.25. The molecule has 0 spiro atoms. The van der Waals surface area contributed by atoms with Crippen LogP contribution in [-0.2, 0) is 22.9 Å². The number of hydrogen-bond acceptors (Lipinski definition) is 6. The van der Waals surface area contributed by atoms with Crippen LogP contribution in [0.3, 0.4) is 0 Å². The summed E-state index contributed by atoms with van der Waals surface area (Å²) < 4.78 is 39.0. The predicted molar refractivity (Wildman–Crippen MR) is 142 cm³/mol. The number of halogens is 2. The van der Waals surface area contributed by atoms with Crippen LogP contribution < -0.4 is 0 Å². The standard InChI is InChI=1S/C26H35ClFN5O3S/c1-18-24(7-5-19-4-6-22(27)23(28)16-19)29-17-30-25(18)26(34)33-14-10-21(11-15-33)32-12-8-20(9-13-32)31(2)37(3,35)36/h4,6,16-17,20-21H,5,7-15H2,1-3H3. The average Bonchev–Trinajstić information content (AvgIpc) is 2.89. The van der Waals surface area contributed by atoms with Crippen LogP contribution in [0, 0.1) is 12.7 Å². The summed E-state index contributed by atoms with van der Waals surface area (Å²) >= 11 is 5.78. The Morgan fingerprint density at radius 1 is 1.11 bits per heavy atom. The summed E-state index contributed by atoms with van der Waals surface area (Å²) in [6.07, 6.45) is 7.28. The molecule has 3 heterocycles. The van der Waals surface area contributed by atoms with E-state index in [-0.39, 0.29) is 17.0 Å². The van der Waals surface area contributed by atoms with E-state index in [0.717, 1.165) is 55.6 Å². The minimum absolute atomic E-state index is 0.0570. The monoisotopic (exact) mass is 551 g/mol. The molecule has 2 saturated heterocycles. The third kappa shape index (κ3) is 6.66. The fraction of sp³-hybridized carbons (Fsp3) is 0.577. The summed E-state index contributed by atoms with van der Waals surface area (Å²) in [7, 11) is -1.51. The fourth-order valence-electron chi connectivity index (χ4n) is 5.38. The van der Waals surface area contributed by atoms with Crippen LogP contribution >= 0.6 is 11.6 Å². The Morgan fingerprint density at radius 2 is 1.78 bits per heavy atom. The average molecular weight is 552 g/mol. The van der Waals surface area contributed by atoms with Gasteiger partial charge in [0.25, 0.3) is 5.91 Å². The van der Waals surface area contributed by atoms with Crippen molar-refractivity contribution < 1.29 is 17.6 Å². The molecule has 8 nitrogen and oxygen atoms in total. The summed E-state index contributed by atoms with van der Waals surface area (Å²) in [6, 6.07) is 5.23. The summed E-state index contributed by atoms with van der Waals surface area (Å²) in [6.45, 7) is 4.94. The van der Waals surface area contributed by atoms with Gasteiger partial charge in [0, 0.05) is 43.5 Å². The fourth-order valence-corrected chi connectivity index (χ4v) is 6.25. The van der Waals surface area contributed by atoms with Crippen molar-refractivity contribution >= 4 is 27.5 Å². The zero-order valence-electron chi connectivity index (χ0n) is 21.7. The molecule has 11 heteroatoms. The maximum Gasteiger partial charge on any atom is 0.272 e. The summed E-state index contributed by atoms with van der Waals surface area (Å²) in [5, 5.41) is 0.0997. The molecule has 0 unspecified atom stereocenters. The molecule has 2 aliphatic rings. The first-order valence-electron chi connectivity index (χ1n) is 12.8. The topological polar surface area (TPSA) is 86.7 Å². The predicted octanol–water partition coefficient (Wildman–Crippen LogP) is 3.32. The van der Waals surface area contributed by atoms with Crippen molar-refractivity contribution in [1.29, 1.82) is 0 Å². The molecule has 37 heavy (non-hydrogen) atoms. The second-order valence-electron chi connectivity index (χ2n) is 10.1. The van der Waals surface area contributed by atoms with Gasteiger partial charge in [0.1, 0.15) is 17.8 Å². The third-order valence-electron chi connectivity index (χ3n) is 7.83. The molecule has 1 aromatic heterocycles. The van der Waals surface area contributed by atoms with E-state index in [4.69, 9.17) is 11.6 Å². The van der Waals surface area contributed by atoms with E-state index in [2.05, 4.69) is 14.9 Å². The Hall–Kier alpha value is -2.14. The van der Waals surface area contributed by atoms with E-state index in [0.29, 0.717) is 37.7 Å². The van der Waals surface area contributed by atoms with Crippen molar-refractivity contribution in [3.05, 3.63) is 57.9 Å². The lowest BCUT2D eigenvalue weighted by atomic mass is 9.97. The van der Waals surface area contributed by atoms with Gasteiger partial charge in [-0.3, -0.25) is 4.79 Å². The van der Waals surface area contributed by atoms with Gasteiger partial charge in [0.2, 0.25) is 10.0 Å². The van der Waals surface area contributed by atoms with Crippen molar-refractivity contribution in [1.82, 2.24) is 24.1 Å². The van der Waals surface area contributed by atoms with Gasteiger partial charge in [-0.1, -0.05) is 17.7 Å². The first-order valence-corrected chi connectivity index (χ1v) is 15.0. The molecular formula is C26H35ClFN5O3S. The first kappa shape index (κ1) is 27.9. The second-order valence-corrected chi connectivity index (χ2v) is 12.6. The highest BCUT2D eigenvalue weighted by molar-refractivity contribution is 7.88. The minimum Gasteiger partial charge on any atom is -0.337 e. The van der Waals surface area contributed by atoms with Gasteiger partial charge < -0.3 is 9.80 Å². The molecule has 2 aromatic rings. The van der Waals surface area contributed by atoms with Gasteiger partial charge in [0.15, 0.2) is 0 Å². The number of carbonyl (C=O) groups is 1. The number of likely N-dealkylation sites (tertiary alicyclic amines) is 2. The molecule has 2 fully saturated rings. The number of rotatable bonds is 7. The molecule has 2 aliphatic heterocycles. The Kier molecular flexibility index (Phi) is 8.83. The van der Waals surface area contributed by atoms with E-state index < -0.39 is 15.8 Å². The maximum atomic E-state index is 13.8. The van der Waals surface area contributed by atoms with E-state index in [1.807, 2.05) is 11.8 Å². The molecule has 0 saturated carbocycles. The molecule has 0 aliphatic carbocycles. The number of benzene rings is 1. The summed E-state index contributed by atoms with van der Waals surface area (Å²) in [5.74, 6) is -0.519. The molecule has 1 amide bonds. The number of piperidine rings is 2. The number of amides is 1. The molecule has 4 rings (SSSR count). The Balaban J connectivity index is 1.31. The van der Waals surface area contributed by atoms with Crippen LogP contribution in [0.15, 0.2) is 24.5 Å². The van der Waals surface area contributed by atoms with E-state index in [9.17, 15) is 17.6 Å². The van der Waals surface area contributed by atoms with Gasteiger partial charge in [-0.15, -0.1) is 0 Å². The molecule has 202 valence electrons. The van der Waals surface area contributed by atoms with E-state index >= 15 is 0 Å². The number of aryl methyl sites for hydroxylation is 2. The smallest absolute Gasteiger partial charge is 0.272 e. The van der Waals surface area contributed by atoms with Crippen molar-refractivity contribution in [2.75, 3.05) is 39.5 Å². The number of carbonyl (C=O) groups excluding carboxylic acids is 1. The highest BCUT2D eigenvalue weighted by atomic mass is 35.5. The number of hydrogen-bond donors (Lipinski definition) is 0. The second kappa shape index (κ2) is 11.7. The zero-order chi connectivity index (χ0) is 26.7. The van der Waals surface area contributed by atoms with Crippen molar-refractivity contribution in [3.8, 4) is 0 Å². The van der Waals surface area contributed by atoms with Gasteiger partial charge in [0.05, 0.1) is 11.3 Å². The lowest BCUT2D eigenvalue weighted by Gasteiger charge is -2.43. The molecule has 0 N–H and O–H groups in total. The van der Waals surface area contributed by atoms with Gasteiger partial charge in [-0.05, 0) is 76.2 Å². The van der Waals surface area contributed by atoms with Crippen molar-refractivity contribution in [3.63, 3.8) is 0 Å². The lowest BCUT2D eigenvalue weighted by Crippen LogP contribution is -2.52. The maximum absolute atomic E-state index is 13.8. The van der Waals surface area contributed by atoms with Crippen molar-refractivity contribution in [2.24, 2.45) is 0 Å². The molecule has 0 atom stereocenters. The Labute approximate surface area is 223 Å². The highest BCUT2D eigenvalue weighted by Gasteiger charge is 2.33. The van der Waals surface area contributed by atoms with Gasteiger partial charge >= 0.3 is 0 Å². The van der Waals surface area contributed by atoms with Crippen LogP contribution in [0.25, 0.3) is 0 Å². The van der Waals surface area contributed by atoms with Crippen molar-refractivity contribution in [2.45, 2.75) is 57.5 Å². The number of aromatic nitrogens is 2. The SMILES string of the molecule is Cc1c(CCc2ccc(Cl)c(F)c2)ncnc1C(=O)N1CCC(N2CCC(N(C)S(C)(=O)=O)CC2)CC1. The first-order chi connectivity index (χ1) is 17.5. The summed E-state index contributed by atoms with van der Waals surface area (Å²) in [5.41, 5.74) is 2.80. The molecule has 0 radical (unpaired) electrons. The lowest BCUT2D eigenvalue weighted by molar-refractivity contribution is 0.0542. The van der Waals surface area contributed by atoms with Gasteiger partial charge in [-0.2, -0.15) is 0 Å². The Bertz CT molecular complexity index is 1230. The largest absolute Gasteiger partial charge is 0.337 e. The van der Waals surface area contributed by atoms with Crippen LogP contribution in [0.5, 0.6) is 0 Å². The normalized spacial score (nSPS) is 18.5. The quantitative estimate of drug-likeness (QED) is 0.525. The van der Waals surface area contributed by atoms with E-state index in [1.165, 1.54) is 23.0 Å². The minimum atomic E-state index is -3.18. The molecule has 1 aromatic carbocycles. The Morgan fingerprint density at radius 3 is 2.41 bits per heavy atom. The number of sulfonamides is 1. The van der Waals surface area contributed by atoms with Gasteiger partial charge in [-0.25, -0.2) is 27.1 Å². The molecule has 0 bridgehead atoms. The van der Waals surface area contributed by atoms with Crippen LogP contribution in [0.2, 0.25) is 5.02 Å². The summed E-state index contributed by atoms with van der Waals surface area (Å²) in [4.78, 5) is 26.3. The van der Waals surface area contributed by atoms with E-state index in [1.54, 1.807) is 19.2 Å². The number of nitrogens with zero attached hydrogens (tertiary/aromatic N) is 5. The zero-order valence-corrected chi connectivity index (χ0v) is 23.2. The third-order valence-corrected chi connectivity index (χ3v) is 9.48. The van der Waals surface area contributed by atoms with Crippen LogP contribution in [0.4, 0.5) is 4.39 Å². The van der Waals surface area contributed by atoms with Crippen LogP contribution in [-0.4, -0.2) is 90.0 Å².